The Labute approximate surface area is 232 Å². The first-order valence-corrected chi connectivity index (χ1v) is 13.0. The number of aromatic hydroxyl groups is 2. The van der Waals surface area contributed by atoms with Gasteiger partial charge < -0.3 is 30.3 Å². The van der Waals surface area contributed by atoms with E-state index in [4.69, 9.17) is 9.47 Å². The van der Waals surface area contributed by atoms with Crippen molar-refractivity contribution in [3.63, 3.8) is 0 Å². The largest absolute Gasteiger partial charge is 0.507 e. The van der Waals surface area contributed by atoms with Gasteiger partial charge in [-0.25, -0.2) is 4.98 Å². The minimum absolute atomic E-state index is 0.00469. The average molecular weight is 564 g/mol. The van der Waals surface area contributed by atoms with Gasteiger partial charge in [-0.1, -0.05) is 11.3 Å². The third-order valence-electron chi connectivity index (χ3n) is 7.12. The Morgan fingerprint density at radius 3 is 2.58 bits per heavy atom. The van der Waals surface area contributed by atoms with Crippen LogP contribution in [0.5, 0.6) is 23.0 Å². The molecule has 3 aromatic rings. The van der Waals surface area contributed by atoms with Crippen molar-refractivity contribution in [1.29, 1.82) is 0 Å². The number of aromatic nitrogens is 1. The molecular formula is C28H25N3O8S. The van der Waals surface area contributed by atoms with Crippen LogP contribution in [0.3, 0.4) is 0 Å². The van der Waals surface area contributed by atoms with E-state index in [-0.39, 0.29) is 46.0 Å². The third kappa shape index (κ3) is 3.99. The summed E-state index contributed by atoms with van der Waals surface area (Å²) in [5, 5.41) is 27.3. The van der Waals surface area contributed by atoms with Crippen molar-refractivity contribution < 1.29 is 38.9 Å². The number of allylic oxidation sites excluding steroid dienone is 4. The van der Waals surface area contributed by atoms with Crippen LogP contribution in [0.1, 0.15) is 42.3 Å². The van der Waals surface area contributed by atoms with Gasteiger partial charge >= 0.3 is 0 Å². The zero-order valence-corrected chi connectivity index (χ0v) is 23.0. The van der Waals surface area contributed by atoms with E-state index >= 15 is 0 Å². The van der Waals surface area contributed by atoms with Gasteiger partial charge in [-0.05, 0) is 45.9 Å². The van der Waals surface area contributed by atoms with Gasteiger partial charge in [0.2, 0.25) is 5.91 Å². The van der Waals surface area contributed by atoms with Crippen molar-refractivity contribution in [2.45, 2.75) is 33.1 Å². The predicted molar refractivity (Wildman–Crippen MR) is 146 cm³/mol. The molecule has 1 aliphatic heterocycles. The van der Waals surface area contributed by atoms with Crippen LogP contribution in [0.15, 0.2) is 41.3 Å². The molecule has 4 N–H and O–H groups in total. The number of ether oxygens (including phenoxy) is 2. The molecule has 2 heterocycles. The summed E-state index contributed by atoms with van der Waals surface area (Å²) in [5.74, 6) is -2.78. The number of benzene rings is 2. The first-order chi connectivity index (χ1) is 18.9. The Balaban J connectivity index is 1.42. The molecule has 1 aromatic heterocycles. The van der Waals surface area contributed by atoms with Crippen molar-refractivity contribution in [3.8, 4) is 23.0 Å². The molecule has 0 bridgehead atoms. The van der Waals surface area contributed by atoms with Crippen LogP contribution >= 0.6 is 11.3 Å². The smallest absolute Gasteiger partial charge is 0.245 e. The molecule has 5 rings (SSSR count). The van der Waals surface area contributed by atoms with Crippen LogP contribution in [-0.2, 0) is 19.8 Å². The summed E-state index contributed by atoms with van der Waals surface area (Å²) in [5.41, 5.74) is -1.22. The summed E-state index contributed by atoms with van der Waals surface area (Å²) in [6.07, 6.45) is 1.12. The van der Waals surface area contributed by atoms with E-state index in [1.54, 1.807) is 19.2 Å². The molecule has 0 unspecified atom stereocenters. The highest BCUT2D eigenvalue weighted by molar-refractivity contribution is 7.22. The fraction of sp³-hybridized carbons (Fsp3) is 0.250. The van der Waals surface area contributed by atoms with E-state index in [2.05, 4.69) is 15.6 Å². The molecule has 0 radical (unpaired) electrons. The Hall–Kier alpha value is -4.71. The number of thiazole rings is 1. The van der Waals surface area contributed by atoms with Crippen molar-refractivity contribution in [2.75, 3.05) is 19.0 Å². The van der Waals surface area contributed by atoms with Gasteiger partial charge in [-0.15, -0.1) is 0 Å². The summed E-state index contributed by atoms with van der Waals surface area (Å²) in [6, 6.07) is 5.35. The molecule has 1 amide bonds. The number of fused-ring (bicyclic) bond motifs is 4. The molecule has 2 aliphatic rings. The third-order valence-corrected chi connectivity index (χ3v) is 8.05. The molecule has 2 aromatic carbocycles. The number of nitrogens with zero attached hydrogens (tertiary/aromatic N) is 1. The maximum Gasteiger partial charge on any atom is 0.245 e. The second-order valence-electron chi connectivity index (χ2n) is 9.64. The number of phenols is 2. The second-order valence-corrected chi connectivity index (χ2v) is 10.7. The number of phenolic OH excluding ortho intramolecular Hbond substituents is 2. The van der Waals surface area contributed by atoms with E-state index in [1.807, 2.05) is 6.07 Å². The Morgan fingerprint density at radius 1 is 1.18 bits per heavy atom. The predicted octanol–water partition coefficient (Wildman–Crippen LogP) is 3.42. The van der Waals surface area contributed by atoms with Gasteiger partial charge in [-0.3, -0.25) is 19.2 Å². The lowest BCUT2D eigenvalue weighted by Crippen LogP contribution is -2.41. The number of amides is 1. The summed E-state index contributed by atoms with van der Waals surface area (Å²) in [6.45, 7) is 5.33. The second kappa shape index (κ2) is 9.49. The Bertz CT molecular complexity index is 1730. The lowest BCUT2D eigenvalue weighted by molar-refractivity contribution is -0.124. The Kier molecular flexibility index (Phi) is 6.38. The summed E-state index contributed by atoms with van der Waals surface area (Å²) >= 11 is 1.27. The van der Waals surface area contributed by atoms with Crippen LogP contribution in [0, 0.1) is 6.92 Å². The molecule has 0 spiro atoms. The molecule has 1 atom stereocenters. The van der Waals surface area contributed by atoms with Crippen molar-refractivity contribution in [2.24, 2.45) is 0 Å². The standard InChI is InChI=1S/C28H25N3O8S/c1-11-23(35)21(13(3)32)25-22(24(11)36)28(4)18(39-25)9-16(33)20(26(28)37)12(2)29-10-19(34)31-27-30-15-7-6-14(38-5)8-17(15)40-27/h6-9,29,35-36H,10H2,1-5H3,(H,30,31,34)/b20-12+/t28-/m0/s1. The van der Waals surface area contributed by atoms with Gasteiger partial charge in [0.25, 0.3) is 0 Å². The molecular weight excluding hydrogens is 538 g/mol. The number of carbonyl (C=O) groups excluding carboxylic acids is 4. The van der Waals surface area contributed by atoms with E-state index in [9.17, 15) is 29.4 Å². The number of methoxy groups -OCH3 is 1. The van der Waals surface area contributed by atoms with E-state index in [1.165, 1.54) is 39.0 Å². The van der Waals surface area contributed by atoms with E-state index < -0.39 is 40.2 Å². The minimum atomic E-state index is -1.64. The molecule has 0 saturated heterocycles. The number of carbonyl (C=O) groups is 4. The average Bonchev–Trinajstić information content (AvgIpc) is 3.43. The normalized spacial score (nSPS) is 19.0. The van der Waals surface area contributed by atoms with Gasteiger partial charge in [0.1, 0.15) is 39.7 Å². The number of nitrogens with one attached hydrogen (secondary N) is 2. The van der Waals surface area contributed by atoms with E-state index in [0.717, 1.165) is 10.8 Å². The molecule has 40 heavy (non-hydrogen) atoms. The molecule has 11 nitrogen and oxygen atoms in total. The molecule has 1 aliphatic carbocycles. The van der Waals surface area contributed by atoms with Gasteiger partial charge in [0, 0.05) is 17.3 Å². The SMILES string of the molecule is COc1ccc2nc(NC(=O)CN/C(C)=C3\C(=O)C=C4Oc5c(C(C)=O)c(O)c(C)c(O)c5[C@@]4(C)C3=O)sc2c1. The minimum Gasteiger partial charge on any atom is -0.507 e. The number of anilines is 1. The van der Waals surface area contributed by atoms with Crippen molar-refractivity contribution in [3.05, 3.63) is 58.0 Å². The highest BCUT2D eigenvalue weighted by Crippen LogP contribution is 2.57. The van der Waals surface area contributed by atoms with Crippen molar-refractivity contribution >= 4 is 49.9 Å². The van der Waals surface area contributed by atoms with Gasteiger partial charge in [0.05, 0.1) is 35.0 Å². The molecule has 206 valence electrons. The first-order valence-electron chi connectivity index (χ1n) is 12.2. The number of Topliss-reactive ketones (excluding diaryl/α,β-unsaturated/α-hetero) is 2. The number of hydrogen-bond donors (Lipinski definition) is 4. The molecule has 12 heteroatoms. The highest BCUT2D eigenvalue weighted by atomic mass is 32.1. The van der Waals surface area contributed by atoms with Crippen LogP contribution in [-0.4, -0.2) is 52.1 Å². The van der Waals surface area contributed by atoms with Gasteiger partial charge in [0.15, 0.2) is 22.5 Å². The first kappa shape index (κ1) is 26.9. The zero-order valence-electron chi connectivity index (χ0n) is 22.2. The summed E-state index contributed by atoms with van der Waals surface area (Å²) < 4.78 is 11.8. The molecule has 0 saturated carbocycles. The molecule has 0 fully saturated rings. The summed E-state index contributed by atoms with van der Waals surface area (Å²) in [4.78, 5) is 56.2. The zero-order chi connectivity index (χ0) is 29.1. The lowest BCUT2D eigenvalue weighted by atomic mass is 9.70. The fourth-order valence-electron chi connectivity index (χ4n) is 4.91. The summed E-state index contributed by atoms with van der Waals surface area (Å²) in [7, 11) is 1.56. The monoisotopic (exact) mass is 563 g/mol. The van der Waals surface area contributed by atoms with Crippen LogP contribution in [0.4, 0.5) is 5.13 Å². The number of rotatable bonds is 6. The highest BCUT2D eigenvalue weighted by Gasteiger charge is 2.56. The Morgan fingerprint density at radius 2 is 1.90 bits per heavy atom. The lowest BCUT2D eigenvalue weighted by Gasteiger charge is -2.29. The van der Waals surface area contributed by atoms with Crippen LogP contribution in [0.25, 0.3) is 10.2 Å². The number of ketones is 3. The topological polar surface area (TPSA) is 164 Å². The maximum absolute atomic E-state index is 13.8. The fourth-order valence-corrected chi connectivity index (χ4v) is 5.82. The van der Waals surface area contributed by atoms with Crippen LogP contribution < -0.4 is 20.1 Å². The quantitative estimate of drug-likeness (QED) is 0.198. The number of hydrogen-bond acceptors (Lipinski definition) is 11. The maximum atomic E-state index is 13.8. The van der Waals surface area contributed by atoms with Gasteiger partial charge in [-0.2, -0.15) is 0 Å². The van der Waals surface area contributed by atoms with E-state index in [0.29, 0.717) is 16.4 Å². The van der Waals surface area contributed by atoms with Crippen LogP contribution in [0.2, 0.25) is 0 Å². The van der Waals surface area contributed by atoms with Crippen molar-refractivity contribution in [1.82, 2.24) is 10.3 Å².